The van der Waals surface area contributed by atoms with Gasteiger partial charge in [-0.15, -0.1) is 0 Å². The Morgan fingerprint density at radius 2 is 1.92 bits per heavy atom. The third-order valence-corrected chi connectivity index (χ3v) is 4.56. The molecule has 0 fully saturated rings. The van der Waals surface area contributed by atoms with Crippen LogP contribution in [0.1, 0.15) is 17.8 Å². The number of nitrogens with one attached hydrogen (secondary N) is 2. The zero-order chi connectivity index (χ0) is 17.2. The van der Waals surface area contributed by atoms with Crippen LogP contribution in [0.4, 0.5) is 0 Å². The second-order valence-electron chi connectivity index (χ2n) is 6.05. The molecule has 0 saturated carbocycles. The highest BCUT2D eigenvalue weighted by Crippen LogP contribution is 2.15. The number of H-pyrrole nitrogens is 1. The molecule has 3 aromatic rings. The molecular formula is C19H17ClN4O. The summed E-state index contributed by atoms with van der Waals surface area (Å²) in [5.74, 6) is 0.695. The maximum atomic E-state index is 12.1. The SMILES string of the molecule is O=c1[nH]c(CCC2N=C(c3ccc(Cl)cc3)CN2)nc2ccccc12. The molecule has 0 spiro atoms. The Hall–Kier alpha value is -2.50. The van der Waals surface area contributed by atoms with Crippen molar-refractivity contribution in [2.45, 2.75) is 19.0 Å². The van der Waals surface area contributed by atoms with Crippen molar-refractivity contribution in [2.75, 3.05) is 6.54 Å². The lowest BCUT2D eigenvalue weighted by Gasteiger charge is -2.07. The third-order valence-electron chi connectivity index (χ3n) is 4.31. The van der Waals surface area contributed by atoms with Gasteiger partial charge in [-0.1, -0.05) is 35.9 Å². The number of para-hydroxylation sites is 1. The number of halogens is 1. The van der Waals surface area contributed by atoms with Crippen molar-refractivity contribution in [3.05, 3.63) is 75.3 Å². The van der Waals surface area contributed by atoms with E-state index >= 15 is 0 Å². The molecule has 4 rings (SSSR count). The van der Waals surface area contributed by atoms with Crippen molar-refractivity contribution in [1.29, 1.82) is 0 Å². The number of benzene rings is 2. The minimum Gasteiger partial charge on any atom is -0.310 e. The molecule has 2 aromatic carbocycles. The number of aliphatic imine (C=N–C) groups is 1. The summed E-state index contributed by atoms with van der Waals surface area (Å²) in [6.07, 6.45) is 1.47. The summed E-state index contributed by atoms with van der Waals surface area (Å²) < 4.78 is 0. The monoisotopic (exact) mass is 352 g/mol. The standard InChI is InChI=1S/C19H17ClN4O/c20-13-7-5-12(6-8-13)16-11-21-17(23-16)9-10-18-22-15-4-2-1-3-14(15)19(25)24-18/h1-8,17,21H,9-11H2,(H,22,24,25). The quantitative estimate of drug-likeness (QED) is 0.758. The number of aryl methyl sites for hydroxylation is 1. The molecule has 1 aliphatic rings. The zero-order valence-corrected chi connectivity index (χ0v) is 14.3. The lowest BCUT2D eigenvalue weighted by Crippen LogP contribution is -2.24. The molecule has 1 aromatic heterocycles. The number of nitrogens with zero attached hydrogens (tertiary/aromatic N) is 2. The number of hydrogen-bond donors (Lipinski definition) is 2. The molecule has 1 atom stereocenters. The lowest BCUT2D eigenvalue weighted by atomic mass is 10.1. The first-order chi connectivity index (χ1) is 12.2. The second-order valence-corrected chi connectivity index (χ2v) is 6.48. The first-order valence-electron chi connectivity index (χ1n) is 8.23. The van der Waals surface area contributed by atoms with Crippen molar-refractivity contribution in [3.63, 3.8) is 0 Å². The Balaban J connectivity index is 1.47. The second kappa shape index (κ2) is 6.78. The predicted molar refractivity (Wildman–Crippen MR) is 100 cm³/mol. The van der Waals surface area contributed by atoms with E-state index in [2.05, 4.69) is 15.3 Å². The molecule has 0 bridgehead atoms. The Morgan fingerprint density at radius 1 is 1.12 bits per heavy atom. The van der Waals surface area contributed by atoms with Gasteiger partial charge in [-0.05, 0) is 36.2 Å². The Kier molecular flexibility index (Phi) is 4.34. The highest BCUT2D eigenvalue weighted by molar-refractivity contribution is 6.30. The minimum atomic E-state index is -0.0923. The van der Waals surface area contributed by atoms with Crippen LogP contribution in [0.15, 0.2) is 58.3 Å². The number of rotatable bonds is 4. The van der Waals surface area contributed by atoms with Gasteiger partial charge in [0.2, 0.25) is 0 Å². The molecule has 126 valence electrons. The Bertz CT molecular complexity index is 994. The highest BCUT2D eigenvalue weighted by atomic mass is 35.5. The molecule has 1 unspecified atom stereocenters. The normalized spacial score (nSPS) is 17.0. The van der Waals surface area contributed by atoms with E-state index in [4.69, 9.17) is 16.6 Å². The Morgan fingerprint density at radius 3 is 2.76 bits per heavy atom. The summed E-state index contributed by atoms with van der Waals surface area (Å²) in [6, 6.07) is 15.1. The molecule has 2 N–H and O–H groups in total. The van der Waals surface area contributed by atoms with E-state index in [-0.39, 0.29) is 11.7 Å². The van der Waals surface area contributed by atoms with Gasteiger partial charge in [0, 0.05) is 18.0 Å². The lowest BCUT2D eigenvalue weighted by molar-refractivity contribution is 0.550. The van der Waals surface area contributed by atoms with Gasteiger partial charge in [-0.2, -0.15) is 0 Å². The van der Waals surface area contributed by atoms with E-state index in [1.54, 1.807) is 6.07 Å². The molecule has 0 saturated heterocycles. The van der Waals surface area contributed by atoms with Crippen LogP contribution in [0.2, 0.25) is 5.02 Å². The van der Waals surface area contributed by atoms with Crippen LogP contribution in [-0.4, -0.2) is 28.4 Å². The third kappa shape index (κ3) is 3.48. The van der Waals surface area contributed by atoms with Crippen LogP contribution in [0, 0.1) is 0 Å². The molecule has 25 heavy (non-hydrogen) atoms. The molecule has 0 aliphatic carbocycles. The fourth-order valence-corrected chi connectivity index (χ4v) is 3.13. The maximum absolute atomic E-state index is 12.1. The van der Waals surface area contributed by atoms with Crippen LogP contribution in [0.25, 0.3) is 10.9 Å². The summed E-state index contributed by atoms with van der Waals surface area (Å²) >= 11 is 5.93. The summed E-state index contributed by atoms with van der Waals surface area (Å²) in [5.41, 5.74) is 2.74. The van der Waals surface area contributed by atoms with Crippen LogP contribution in [0.5, 0.6) is 0 Å². The Labute approximate surface area is 149 Å². The summed E-state index contributed by atoms with van der Waals surface area (Å²) in [6.45, 7) is 0.730. The van der Waals surface area contributed by atoms with E-state index in [0.29, 0.717) is 17.6 Å². The van der Waals surface area contributed by atoms with Gasteiger partial charge in [-0.25, -0.2) is 4.98 Å². The van der Waals surface area contributed by atoms with E-state index < -0.39 is 0 Å². The topological polar surface area (TPSA) is 70.1 Å². The van der Waals surface area contributed by atoms with E-state index in [0.717, 1.165) is 34.8 Å². The molecule has 6 heteroatoms. The molecule has 5 nitrogen and oxygen atoms in total. The molecule has 0 amide bonds. The van der Waals surface area contributed by atoms with E-state index in [1.165, 1.54) is 0 Å². The van der Waals surface area contributed by atoms with Gasteiger partial charge in [0.05, 0.1) is 16.6 Å². The van der Waals surface area contributed by atoms with Gasteiger partial charge >= 0.3 is 0 Å². The van der Waals surface area contributed by atoms with Crippen molar-refractivity contribution in [3.8, 4) is 0 Å². The summed E-state index contributed by atoms with van der Waals surface area (Å²) in [4.78, 5) is 24.2. The molecule has 2 heterocycles. The van der Waals surface area contributed by atoms with E-state index in [9.17, 15) is 4.79 Å². The van der Waals surface area contributed by atoms with Crippen LogP contribution >= 0.6 is 11.6 Å². The van der Waals surface area contributed by atoms with Gasteiger partial charge in [0.1, 0.15) is 12.0 Å². The molecule has 0 radical (unpaired) electrons. The molecule has 1 aliphatic heterocycles. The van der Waals surface area contributed by atoms with Gasteiger partial charge in [0.25, 0.3) is 5.56 Å². The average Bonchev–Trinajstić information content (AvgIpc) is 3.10. The number of aromatic nitrogens is 2. The smallest absolute Gasteiger partial charge is 0.258 e. The summed E-state index contributed by atoms with van der Waals surface area (Å²) in [7, 11) is 0. The van der Waals surface area contributed by atoms with Gasteiger partial charge < -0.3 is 4.98 Å². The fourth-order valence-electron chi connectivity index (χ4n) is 3.01. The van der Waals surface area contributed by atoms with Crippen molar-refractivity contribution >= 4 is 28.2 Å². The predicted octanol–water partition coefficient (Wildman–Crippen LogP) is 2.93. The van der Waals surface area contributed by atoms with Crippen molar-refractivity contribution in [2.24, 2.45) is 4.99 Å². The number of fused-ring (bicyclic) bond motifs is 1. The van der Waals surface area contributed by atoms with Crippen LogP contribution in [0.3, 0.4) is 0 Å². The summed E-state index contributed by atoms with van der Waals surface area (Å²) in [5, 5.41) is 4.72. The molecular weight excluding hydrogens is 336 g/mol. The minimum absolute atomic E-state index is 0.0300. The maximum Gasteiger partial charge on any atom is 0.258 e. The number of hydrogen-bond acceptors (Lipinski definition) is 4. The van der Waals surface area contributed by atoms with Crippen LogP contribution in [-0.2, 0) is 6.42 Å². The zero-order valence-electron chi connectivity index (χ0n) is 13.5. The van der Waals surface area contributed by atoms with Gasteiger partial charge in [0.15, 0.2) is 0 Å². The van der Waals surface area contributed by atoms with E-state index in [1.807, 2.05) is 42.5 Å². The van der Waals surface area contributed by atoms with Crippen LogP contribution < -0.4 is 10.9 Å². The highest BCUT2D eigenvalue weighted by Gasteiger charge is 2.18. The first kappa shape index (κ1) is 16.0. The fraction of sp³-hybridized carbons (Fsp3) is 0.211. The van der Waals surface area contributed by atoms with Crippen molar-refractivity contribution in [1.82, 2.24) is 15.3 Å². The van der Waals surface area contributed by atoms with Gasteiger partial charge in [-0.3, -0.25) is 15.1 Å². The first-order valence-corrected chi connectivity index (χ1v) is 8.61. The largest absolute Gasteiger partial charge is 0.310 e. The van der Waals surface area contributed by atoms with Crippen molar-refractivity contribution < 1.29 is 0 Å². The number of aromatic amines is 1. The average molecular weight is 353 g/mol.